The molecule has 0 atom stereocenters. The summed E-state index contributed by atoms with van der Waals surface area (Å²) in [4.78, 5) is 21.3. The maximum absolute atomic E-state index is 10.6. The molecule has 0 aromatic heterocycles. The molecule has 0 heterocycles. The van der Waals surface area contributed by atoms with Crippen LogP contribution in [0.3, 0.4) is 0 Å². The predicted molar refractivity (Wildman–Crippen MR) is 50.5 cm³/mol. The molecular weight excluding hydrogens is 192 g/mol. The zero-order valence-electron chi connectivity index (χ0n) is 7.46. The highest BCUT2D eigenvalue weighted by Gasteiger charge is 2.01. The predicted octanol–water partition coefficient (Wildman–Crippen LogP) is -1.81. The summed E-state index contributed by atoms with van der Waals surface area (Å²) < 4.78 is 9.15. The van der Waals surface area contributed by atoms with Crippen molar-refractivity contribution in [1.82, 2.24) is 0 Å². The highest BCUT2D eigenvalue weighted by atomic mass is 28.2. The van der Waals surface area contributed by atoms with Crippen LogP contribution in [-0.4, -0.2) is 32.9 Å². The summed E-state index contributed by atoms with van der Waals surface area (Å²) in [5, 5.41) is 0. The summed E-state index contributed by atoms with van der Waals surface area (Å²) in [6.07, 6.45) is 2.24. The van der Waals surface area contributed by atoms with Gasteiger partial charge in [-0.05, 0) is 12.8 Å². The molecule has 0 aliphatic rings. The number of carbonyl (C=O) groups is 2. The van der Waals surface area contributed by atoms with Crippen molar-refractivity contribution in [2.75, 3.05) is 0 Å². The van der Waals surface area contributed by atoms with E-state index in [9.17, 15) is 9.59 Å². The van der Waals surface area contributed by atoms with Crippen LogP contribution in [0.15, 0.2) is 0 Å². The third kappa shape index (κ3) is 6.11. The molecular formula is C6H14O4Si2. The second-order valence-electron chi connectivity index (χ2n) is 2.36. The van der Waals surface area contributed by atoms with E-state index in [1.807, 2.05) is 0 Å². The molecule has 0 amide bonds. The Hall–Kier alpha value is -0.626. The zero-order valence-corrected chi connectivity index (χ0v) is 11.5. The first-order valence-corrected chi connectivity index (χ1v) is 5.47. The quantitative estimate of drug-likeness (QED) is 0.393. The van der Waals surface area contributed by atoms with E-state index < -0.39 is 0 Å². The lowest BCUT2D eigenvalue weighted by atomic mass is 10.2. The van der Waals surface area contributed by atoms with Crippen LogP contribution >= 0.6 is 0 Å². The molecule has 0 aliphatic heterocycles. The van der Waals surface area contributed by atoms with E-state index in [1.165, 1.54) is 0 Å². The number of hydrogen-bond acceptors (Lipinski definition) is 4. The molecule has 0 bridgehead atoms. The molecule has 0 aliphatic carbocycles. The normalized spacial score (nSPS) is 9.67. The average molecular weight is 206 g/mol. The minimum absolute atomic E-state index is 0.166. The summed E-state index contributed by atoms with van der Waals surface area (Å²) in [5.41, 5.74) is 0. The van der Waals surface area contributed by atoms with E-state index in [1.54, 1.807) is 0 Å². The smallest absolute Gasteiger partial charge is 0.291 e. The van der Waals surface area contributed by atoms with E-state index in [2.05, 4.69) is 8.85 Å². The van der Waals surface area contributed by atoms with Gasteiger partial charge >= 0.3 is 0 Å². The molecule has 0 radical (unpaired) electrons. The Balaban J connectivity index is 3.21. The largest absolute Gasteiger partial charge is 0.529 e. The summed E-state index contributed by atoms with van der Waals surface area (Å²) in [5.74, 6) is -0.332. The minimum atomic E-state index is -0.166. The van der Waals surface area contributed by atoms with Gasteiger partial charge in [0.2, 0.25) is 21.0 Å². The van der Waals surface area contributed by atoms with E-state index in [0.717, 1.165) is 0 Å². The van der Waals surface area contributed by atoms with Crippen LogP contribution in [0.1, 0.15) is 25.7 Å². The van der Waals surface area contributed by atoms with Crippen LogP contribution in [0.4, 0.5) is 0 Å². The van der Waals surface area contributed by atoms with Gasteiger partial charge in [-0.15, -0.1) is 0 Å². The molecule has 0 saturated carbocycles. The molecule has 0 unspecified atom stereocenters. The van der Waals surface area contributed by atoms with Gasteiger partial charge in [0.1, 0.15) is 0 Å². The van der Waals surface area contributed by atoms with Gasteiger partial charge in [0.05, 0.1) is 0 Å². The van der Waals surface area contributed by atoms with Gasteiger partial charge in [-0.25, -0.2) is 0 Å². The van der Waals surface area contributed by atoms with Crippen molar-refractivity contribution in [1.29, 1.82) is 0 Å². The average Bonchev–Trinajstić information content (AvgIpc) is 2.11. The van der Waals surface area contributed by atoms with Crippen LogP contribution in [0.2, 0.25) is 0 Å². The summed E-state index contributed by atoms with van der Waals surface area (Å²) in [6, 6.07) is 0. The molecule has 0 spiro atoms. The van der Waals surface area contributed by atoms with Crippen molar-refractivity contribution in [3.05, 3.63) is 0 Å². The van der Waals surface area contributed by atoms with Crippen LogP contribution in [0, 0.1) is 0 Å². The number of carbonyl (C=O) groups excluding carboxylic acids is 2. The number of unbranched alkanes of at least 4 members (excludes halogenated alkanes) is 1. The van der Waals surface area contributed by atoms with Gasteiger partial charge in [-0.1, -0.05) is 0 Å². The molecule has 0 aromatic rings. The first kappa shape index (κ1) is 11.4. The van der Waals surface area contributed by atoms with E-state index in [-0.39, 0.29) is 11.9 Å². The van der Waals surface area contributed by atoms with Gasteiger partial charge in [0.25, 0.3) is 11.9 Å². The Labute approximate surface area is 77.7 Å². The Morgan fingerprint density at radius 3 is 1.50 bits per heavy atom. The molecule has 0 N–H and O–H groups in total. The molecule has 0 saturated heterocycles. The minimum Gasteiger partial charge on any atom is -0.529 e. The van der Waals surface area contributed by atoms with Gasteiger partial charge in [-0.2, -0.15) is 0 Å². The molecule has 6 heteroatoms. The first-order valence-electron chi connectivity index (χ1n) is 3.84. The number of rotatable bonds is 5. The SMILES string of the molecule is O=C(CCCCC(=O)O[SiH3])O[SiH3]. The summed E-state index contributed by atoms with van der Waals surface area (Å²) >= 11 is 0. The van der Waals surface area contributed by atoms with Crippen LogP contribution in [-0.2, 0) is 18.4 Å². The second kappa shape index (κ2) is 7.05. The van der Waals surface area contributed by atoms with E-state index >= 15 is 0 Å². The molecule has 0 aromatic carbocycles. The zero-order chi connectivity index (χ0) is 9.40. The van der Waals surface area contributed by atoms with Crippen molar-refractivity contribution in [3.8, 4) is 0 Å². The topological polar surface area (TPSA) is 52.6 Å². The molecule has 4 nitrogen and oxygen atoms in total. The van der Waals surface area contributed by atoms with Crippen molar-refractivity contribution in [2.45, 2.75) is 25.7 Å². The third-order valence-corrected chi connectivity index (χ3v) is 2.38. The number of hydrogen-bond donors (Lipinski definition) is 0. The highest BCUT2D eigenvalue weighted by molar-refractivity contribution is 6.05. The maximum atomic E-state index is 10.6. The third-order valence-electron chi connectivity index (χ3n) is 1.47. The van der Waals surface area contributed by atoms with Crippen molar-refractivity contribution in [2.24, 2.45) is 0 Å². The Morgan fingerprint density at radius 2 is 1.25 bits per heavy atom. The van der Waals surface area contributed by atoms with Crippen molar-refractivity contribution < 1.29 is 18.4 Å². The summed E-state index contributed by atoms with van der Waals surface area (Å²) in [6.45, 7) is 0. The van der Waals surface area contributed by atoms with E-state index in [0.29, 0.717) is 46.7 Å². The van der Waals surface area contributed by atoms with Gasteiger partial charge in [0, 0.05) is 12.8 Å². The summed E-state index contributed by atoms with van der Waals surface area (Å²) in [7, 11) is 0.906. The fraction of sp³-hybridized carbons (Fsp3) is 0.667. The van der Waals surface area contributed by atoms with E-state index in [4.69, 9.17) is 0 Å². The lowest BCUT2D eigenvalue weighted by molar-refractivity contribution is -0.136. The molecule has 0 rings (SSSR count). The van der Waals surface area contributed by atoms with Crippen LogP contribution in [0.25, 0.3) is 0 Å². The Bertz CT molecular complexity index is 142. The Kier molecular flexibility index (Phi) is 6.68. The lowest BCUT2D eigenvalue weighted by Gasteiger charge is -1.99. The van der Waals surface area contributed by atoms with Crippen LogP contribution in [0.5, 0.6) is 0 Å². The van der Waals surface area contributed by atoms with Gasteiger partial charge in [0.15, 0.2) is 0 Å². The van der Waals surface area contributed by atoms with Gasteiger partial charge < -0.3 is 8.85 Å². The maximum Gasteiger partial charge on any atom is 0.291 e. The first-order chi connectivity index (χ1) is 5.70. The Morgan fingerprint density at radius 1 is 0.917 bits per heavy atom. The van der Waals surface area contributed by atoms with Crippen molar-refractivity contribution in [3.63, 3.8) is 0 Å². The second-order valence-corrected chi connectivity index (χ2v) is 3.18. The molecule has 70 valence electrons. The van der Waals surface area contributed by atoms with Gasteiger partial charge in [-0.3, -0.25) is 9.59 Å². The lowest BCUT2D eigenvalue weighted by Crippen LogP contribution is -2.03. The van der Waals surface area contributed by atoms with Crippen LogP contribution < -0.4 is 0 Å². The fourth-order valence-corrected chi connectivity index (χ4v) is 1.15. The molecule has 12 heavy (non-hydrogen) atoms. The fourth-order valence-electron chi connectivity index (χ4n) is 0.743. The van der Waals surface area contributed by atoms with Crippen molar-refractivity contribution >= 4 is 32.9 Å². The monoisotopic (exact) mass is 206 g/mol. The highest BCUT2D eigenvalue weighted by Crippen LogP contribution is 2.01. The molecule has 0 fully saturated rings. The standard InChI is InChI=1S/C6H14O4Si2/c7-5(9-11)3-1-2-4-6(8)10-12/h1-4H2,11-12H3.